The minimum absolute atomic E-state index is 0.0496. The zero-order chi connectivity index (χ0) is 11.8. The number of carbonyl (C=O) groups excluding carboxylic acids is 1. The van der Waals surface area contributed by atoms with E-state index in [1.807, 2.05) is 13.8 Å². The summed E-state index contributed by atoms with van der Waals surface area (Å²) in [5, 5.41) is 0. The number of hydrogen-bond donors (Lipinski definition) is 0. The molecule has 0 amide bonds. The molecule has 0 aromatic rings. The topological polar surface area (TPSA) is 44.8 Å². The van der Waals surface area contributed by atoms with Gasteiger partial charge in [-0.15, -0.1) is 6.58 Å². The number of ether oxygens (including phenoxy) is 3. The normalized spacial score (nSPS) is 37.4. The molecular formula is C12H18O4. The summed E-state index contributed by atoms with van der Waals surface area (Å²) < 4.78 is 16.5. The molecule has 3 atom stereocenters. The summed E-state index contributed by atoms with van der Waals surface area (Å²) in [5.74, 6) is -0.605. The minimum Gasteiger partial charge on any atom is -0.462 e. The molecule has 0 aliphatic carbocycles. The van der Waals surface area contributed by atoms with Crippen LogP contribution in [0.4, 0.5) is 0 Å². The first kappa shape index (κ1) is 11.6. The summed E-state index contributed by atoms with van der Waals surface area (Å²) in [4.78, 5) is 11.3. The van der Waals surface area contributed by atoms with Crippen LogP contribution in [-0.2, 0) is 19.0 Å². The van der Waals surface area contributed by atoms with Crippen molar-refractivity contribution in [2.24, 2.45) is 5.92 Å². The summed E-state index contributed by atoms with van der Waals surface area (Å²) in [5.41, 5.74) is 0. The lowest BCUT2D eigenvalue weighted by Crippen LogP contribution is -2.31. The average Bonchev–Trinajstić information content (AvgIpc) is 2.70. The molecule has 4 nitrogen and oxygen atoms in total. The van der Waals surface area contributed by atoms with E-state index < -0.39 is 5.79 Å². The van der Waals surface area contributed by atoms with E-state index >= 15 is 0 Å². The van der Waals surface area contributed by atoms with Gasteiger partial charge in [-0.3, -0.25) is 4.79 Å². The van der Waals surface area contributed by atoms with Gasteiger partial charge in [0.2, 0.25) is 0 Å². The van der Waals surface area contributed by atoms with E-state index in [9.17, 15) is 4.79 Å². The molecule has 0 radical (unpaired) electrons. The lowest BCUT2D eigenvalue weighted by molar-refractivity contribution is -0.147. The van der Waals surface area contributed by atoms with Gasteiger partial charge in [0.05, 0.1) is 19.1 Å². The third-order valence-electron chi connectivity index (χ3n) is 3.07. The fourth-order valence-electron chi connectivity index (χ4n) is 2.31. The van der Waals surface area contributed by atoms with Gasteiger partial charge in [-0.05, 0) is 13.8 Å². The number of carbonyl (C=O) groups is 1. The summed E-state index contributed by atoms with van der Waals surface area (Å²) in [6.45, 7) is 7.97. The summed E-state index contributed by atoms with van der Waals surface area (Å²) >= 11 is 0. The molecule has 2 rings (SSSR count). The standard InChI is InChI=1S/C12H18O4/c1-4-5-9-8(6-11(13)15-9)10-7-14-12(2,3)16-10/h4,8-10H,1,5-7H2,2-3H3/t8-,9+,10+/m0/s1. The quantitative estimate of drug-likeness (QED) is 0.542. The number of cyclic esters (lactones) is 1. The molecule has 2 fully saturated rings. The van der Waals surface area contributed by atoms with Gasteiger partial charge in [-0.25, -0.2) is 0 Å². The van der Waals surface area contributed by atoms with E-state index in [1.165, 1.54) is 0 Å². The Labute approximate surface area is 95.6 Å². The van der Waals surface area contributed by atoms with Gasteiger partial charge in [0.25, 0.3) is 0 Å². The second-order valence-electron chi connectivity index (χ2n) is 4.79. The summed E-state index contributed by atoms with van der Waals surface area (Å²) in [6.07, 6.45) is 2.72. The molecule has 4 heteroatoms. The molecule has 0 unspecified atom stereocenters. The molecule has 2 saturated heterocycles. The molecule has 2 aliphatic heterocycles. The highest BCUT2D eigenvalue weighted by atomic mass is 16.7. The van der Waals surface area contributed by atoms with E-state index in [1.54, 1.807) is 6.08 Å². The maximum Gasteiger partial charge on any atom is 0.306 e. The van der Waals surface area contributed by atoms with E-state index in [-0.39, 0.29) is 24.1 Å². The van der Waals surface area contributed by atoms with Crippen molar-refractivity contribution in [1.82, 2.24) is 0 Å². The largest absolute Gasteiger partial charge is 0.462 e. The van der Waals surface area contributed by atoms with Crippen molar-refractivity contribution < 1.29 is 19.0 Å². The number of hydrogen-bond acceptors (Lipinski definition) is 4. The fourth-order valence-corrected chi connectivity index (χ4v) is 2.31. The van der Waals surface area contributed by atoms with Gasteiger partial charge >= 0.3 is 5.97 Å². The predicted octanol–water partition coefficient (Wildman–Crippen LogP) is 1.65. The van der Waals surface area contributed by atoms with Crippen LogP contribution in [-0.4, -0.2) is 30.6 Å². The van der Waals surface area contributed by atoms with E-state index in [0.29, 0.717) is 19.4 Å². The second kappa shape index (κ2) is 4.18. The third-order valence-corrected chi connectivity index (χ3v) is 3.07. The van der Waals surface area contributed by atoms with Gasteiger partial charge in [-0.2, -0.15) is 0 Å². The van der Waals surface area contributed by atoms with E-state index in [2.05, 4.69) is 6.58 Å². The molecule has 2 heterocycles. The van der Waals surface area contributed by atoms with Crippen LogP contribution in [0.2, 0.25) is 0 Å². The van der Waals surface area contributed by atoms with Gasteiger partial charge in [0.1, 0.15) is 6.10 Å². The smallest absolute Gasteiger partial charge is 0.306 e. The van der Waals surface area contributed by atoms with Crippen LogP contribution in [0.1, 0.15) is 26.7 Å². The van der Waals surface area contributed by atoms with Crippen LogP contribution in [0.3, 0.4) is 0 Å². The highest BCUT2D eigenvalue weighted by Crippen LogP contribution is 2.35. The van der Waals surface area contributed by atoms with E-state index in [4.69, 9.17) is 14.2 Å². The highest BCUT2D eigenvalue weighted by molar-refractivity contribution is 5.72. The van der Waals surface area contributed by atoms with Crippen molar-refractivity contribution in [3.63, 3.8) is 0 Å². The van der Waals surface area contributed by atoms with Crippen molar-refractivity contribution >= 4 is 5.97 Å². The first-order chi connectivity index (χ1) is 7.52. The van der Waals surface area contributed by atoms with Crippen LogP contribution in [0.25, 0.3) is 0 Å². The number of esters is 1. The lowest BCUT2D eigenvalue weighted by atomic mass is 9.93. The van der Waals surface area contributed by atoms with Gasteiger partial charge in [0.15, 0.2) is 5.79 Å². The number of rotatable bonds is 3. The molecule has 0 bridgehead atoms. The Morgan fingerprint density at radius 3 is 2.88 bits per heavy atom. The zero-order valence-corrected chi connectivity index (χ0v) is 9.77. The second-order valence-corrected chi connectivity index (χ2v) is 4.79. The van der Waals surface area contributed by atoms with Crippen LogP contribution in [0.15, 0.2) is 12.7 Å². The van der Waals surface area contributed by atoms with Crippen LogP contribution < -0.4 is 0 Å². The SMILES string of the molecule is C=CC[C@H]1OC(=O)C[C@@H]1[C@H]1COC(C)(C)O1. The minimum atomic E-state index is -0.547. The zero-order valence-electron chi connectivity index (χ0n) is 9.77. The molecule has 0 aromatic heterocycles. The van der Waals surface area contributed by atoms with Crippen molar-refractivity contribution in [2.45, 2.75) is 44.7 Å². The molecule has 0 N–H and O–H groups in total. The van der Waals surface area contributed by atoms with Crippen molar-refractivity contribution in [3.05, 3.63) is 12.7 Å². The van der Waals surface area contributed by atoms with Gasteiger partial charge in [-0.1, -0.05) is 6.08 Å². The Morgan fingerprint density at radius 1 is 1.56 bits per heavy atom. The average molecular weight is 226 g/mol. The summed E-state index contributed by atoms with van der Waals surface area (Å²) in [7, 11) is 0. The molecule has 0 spiro atoms. The summed E-state index contributed by atoms with van der Waals surface area (Å²) in [6, 6.07) is 0. The predicted molar refractivity (Wildman–Crippen MR) is 57.7 cm³/mol. The first-order valence-electron chi connectivity index (χ1n) is 5.64. The third kappa shape index (κ3) is 2.28. The molecule has 16 heavy (non-hydrogen) atoms. The monoisotopic (exact) mass is 226 g/mol. The molecular weight excluding hydrogens is 208 g/mol. The molecule has 90 valence electrons. The molecule has 0 saturated carbocycles. The molecule has 0 aromatic carbocycles. The fraction of sp³-hybridized carbons (Fsp3) is 0.750. The maximum atomic E-state index is 11.3. The Morgan fingerprint density at radius 2 is 2.31 bits per heavy atom. The Kier molecular flexibility index (Phi) is 3.04. The van der Waals surface area contributed by atoms with Crippen LogP contribution >= 0.6 is 0 Å². The maximum absolute atomic E-state index is 11.3. The van der Waals surface area contributed by atoms with Crippen molar-refractivity contribution in [2.75, 3.05) is 6.61 Å². The first-order valence-corrected chi connectivity index (χ1v) is 5.64. The highest BCUT2D eigenvalue weighted by Gasteiger charge is 2.45. The van der Waals surface area contributed by atoms with Crippen molar-refractivity contribution in [1.29, 1.82) is 0 Å². The molecule has 2 aliphatic rings. The van der Waals surface area contributed by atoms with Gasteiger partial charge in [0, 0.05) is 12.3 Å². The Hall–Kier alpha value is -0.870. The lowest BCUT2D eigenvalue weighted by Gasteiger charge is -2.23. The van der Waals surface area contributed by atoms with E-state index in [0.717, 1.165) is 0 Å². The van der Waals surface area contributed by atoms with Crippen molar-refractivity contribution in [3.8, 4) is 0 Å². The Bertz CT molecular complexity index is 297. The van der Waals surface area contributed by atoms with Crippen LogP contribution in [0.5, 0.6) is 0 Å². The van der Waals surface area contributed by atoms with Crippen LogP contribution in [0, 0.1) is 5.92 Å². The van der Waals surface area contributed by atoms with Gasteiger partial charge < -0.3 is 14.2 Å². The Balaban J connectivity index is 2.02.